The molecule has 0 heterocycles. The van der Waals surface area contributed by atoms with Gasteiger partial charge in [-0.1, -0.05) is 6.92 Å². The lowest BCUT2D eigenvalue weighted by Crippen LogP contribution is -2.63. The maximum absolute atomic E-state index is 12.7. The van der Waals surface area contributed by atoms with Crippen LogP contribution in [0, 0.1) is 11.8 Å². The topological polar surface area (TPSA) is 41.6 Å². The smallest absolute Gasteiger partial charge is 0.327 e. The first kappa shape index (κ1) is 16.8. The molecule has 2 saturated carbocycles. The van der Waals surface area contributed by atoms with E-state index >= 15 is 0 Å². The van der Waals surface area contributed by atoms with Gasteiger partial charge in [0.05, 0.1) is 6.61 Å². The lowest BCUT2D eigenvalue weighted by atomic mass is 9.91. The Hall–Kier alpha value is -0.610. The Bertz CT molecular complexity index is 351. The molecule has 1 unspecified atom stereocenters. The SMILES string of the molecule is CCOC(=O)C(CN(CC)CC1CC1)(NC(C)C)C1CC1. The van der Waals surface area contributed by atoms with Crippen LogP contribution < -0.4 is 5.32 Å². The summed E-state index contributed by atoms with van der Waals surface area (Å²) in [4.78, 5) is 15.2. The molecule has 4 heteroatoms. The third-order valence-corrected chi connectivity index (χ3v) is 4.59. The van der Waals surface area contributed by atoms with Crippen LogP contribution in [0.3, 0.4) is 0 Å². The van der Waals surface area contributed by atoms with Gasteiger partial charge in [-0.2, -0.15) is 0 Å². The highest BCUT2D eigenvalue weighted by Gasteiger charge is 2.53. The maximum atomic E-state index is 12.7. The van der Waals surface area contributed by atoms with Crippen LogP contribution in [0.15, 0.2) is 0 Å². The summed E-state index contributed by atoms with van der Waals surface area (Å²) in [6, 6.07) is 0.287. The zero-order valence-electron chi connectivity index (χ0n) is 14.2. The van der Waals surface area contributed by atoms with Crippen LogP contribution >= 0.6 is 0 Å². The number of nitrogens with zero attached hydrogens (tertiary/aromatic N) is 1. The largest absolute Gasteiger partial charge is 0.465 e. The standard InChI is InChI=1S/C17H32N2O2/c1-5-19(11-14-7-8-14)12-17(15-9-10-15,18-13(3)4)16(20)21-6-2/h13-15,18H,5-12H2,1-4H3. The first-order chi connectivity index (χ1) is 10.0. The fourth-order valence-electron chi connectivity index (χ4n) is 3.26. The minimum atomic E-state index is -0.505. The van der Waals surface area contributed by atoms with E-state index in [9.17, 15) is 4.79 Å². The minimum absolute atomic E-state index is 0.0459. The van der Waals surface area contributed by atoms with E-state index in [1.165, 1.54) is 12.8 Å². The number of hydrogen-bond donors (Lipinski definition) is 1. The first-order valence-corrected chi connectivity index (χ1v) is 8.69. The highest BCUT2D eigenvalue weighted by Crippen LogP contribution is 2.42. The van der Waals surface area contributed by atoms with Gasteiger partial charge in [-0.25, -0.2) is 4.79 Å². The molecule has 0 spiro atoms. The molecule has 2 aliphatic rings. The molecule has 0 amide bonds. The molecule has 2 rings (SSSR count). The Morgan fingerprint density at radius 3 is 2.38 bits per heavy atom. The van der Waals surface area contributed by atoms with Gasteiger partial charge >= 0.3 is 5.97 Å². The van der Waals surface area contributed by atoms with Gasteiger partial charge in [0.25, 0.3) is 0 Å². The molecule has 0 aromatic heterocycles. The Morgan fingerprint density at radius 2 is 1.95 bits per heavy atom. The second-order valence-electron chi connectivity index (χ2n) is 7.04. The van der Waals surface area contributed by atoms with Crippen LogP contribution in [-0.2, 0) is 9.53 Å². The summed E-state index contributed by atoms with van der Waals surface area (Å²) < 4.78 is 5.45. The third kappa shape index (κ3) is 4.43. The molecule has 0 radical (unpaired) electrons. The molecule has 0 aromatic rings. The van der Waals surface area contributed by atoms with Crippen LogP contribution in [0.4, 0.5) is 0 Å². The van der Waals surface area contributed by atoms with Crippen LogP contribution in [0.5, 0.6) is 0 Å². The van der Waals surface area contributed by atoms with Crippen molar-refractivity contribution in [2.45, 2.75) is 65.0 Å². The molecular formula is C17H32N2O2. The second-order valence-corrected chi connectivity index (χ2v) is 7.04. The highest BCUT2D eigenvalue weighted by atomic mass is 16.5. The van der Waals surface area contributed by atoms with E-state index in [-0.39, 0.29) is 12.0 Å². The van der Waals surface area contributed by atoms with Gasteiger partial charge in [0, 0.05) is 19.1 Å². The maximum Gasteiger partial charge on any atom is 0.327 e. The van der Waals surface area contributed by atoms with Crippen LogP contribution in [0.1, 0.15) is 53.4 Å². The lowest BCUT2D eigenvalue weighted by molar-refractivity contribution is -0.154. The number of likely N-dealkylation sites (N-methyl/N-ethyl adjacent to an activating group) is 1. The molecule has 1 atom stereocenters. The van der Waals surface area contributed by atoms with E-state index in [1.54, 1.807) is 0 Å². The molecular weight excluding hydrogens is 264 g/mol. The van der Waals surface area contributed by atoms with Gasteiger partial charge in [0.2, 0.25) is 0 Å². The van der Waals surface area contributed by atoms with E-state index in [1.807, 2.05) is 6.92 Å². The Balaban J connectivity index is 2.12. The fourth-order valence-corrected chi connectivity index (χ4v) is 3.26. The monoisotopic (exact) mass is 296 g/mol. The van der Waals surface area contributed by atoms with Crippen LogP contribution in [0.25, 0.3) is 0 Å². The van der Waals surface area contributed by atoms with Crippen LogP contribution in [-0.4, -0.2) is 48.7 Å². The van der Waals surface area contributed by atoms with E-state index in [2.05, 4.69) is 31.0 Å². The van der Waals surface area contributed by atoms with Gasteiger partial charge in [-0.3, -0.25) is 5.32 Å². The number of carbonyl (C=O) groups excluding carboxylic acids is 1. The number of hydrogen-bond acceptors (Lipinski definition) is 4. The fraction of sp³-hybridized carbons (Fsp3) is 0.941. The van der Waals surface area contributed by atoms with Gasteiger partial charge < -0.3 is 9.64 Å². The molecule has 0 saturated heterocycles. The molecule has 122 valence electrons. The van der Waals surface area contributed by atoms with E-state index in [4.69, 9.17) is 4.74 Å². The van der Waals surface area contributed by atoms with Crippen LogP contribution in [0.2, 0.25) is 0 Å². The summed E-state index contributed by atoms with van der Waals surface area (Å²) in [5.41, 5.74) is -0.505. The summed E-state index contributed by atoms with van der Waals surface area (Å²) in [5, 5.41) is 3.58. The number of rotatable bonds is 10. The molecule has 2 aliphatic carbocycles. The average Bonchev–Trinajstić information content (AvgIpc) is 3.28. The van der Waals surface area contributed by atoms with Crippen molar-refractivity contribution in [1.29, 1.82) is 0 Å². The quantitative estimate of drug-likeness (QED) is 0.629. The first-order valence-electron chi connectivity index (χ1n) is 8.69. The number of carbonyl (C=O) groups is 1. The van der Waals surface area contributed by atoms with Gasteiger partial charge in [-0.05, 0) is 64.8 Å². The van der Waals surface area contributed by atoms with Crippen molar-refractivity contribution in [2.75, 3.05) is 26.2 Å². The van der Waals surface area contributed by atoms with E-state index in [0.717, 1.165) is 38.4 Å². The third-order valence-electron chi connectivity index (χ3n) is 4.59. The predicted molar refractivity (Wildman–Crippen MR) is 85.2 cm³/mol. The summed E-state index contributed by atoms with van der Waals surface area (Å²) in [7, 11) is 0. The average molecular weight is 296 g/mol. The molecule has 1 N–H and O–H groups in total. The highest BCUT2D eigenvalue weighted by molar-refractivity contribution is 5.82. The summed E-state index contributed by atoms with van der Waals surface area (Å²) in [6.45, 7) is 11.7. The van der Waals surface area contributed by atoms with Crippen molar-refractivity contribution in [3.8, 4) is 0 Å². The normalized spacial score (nSPS) is 21.6. The summed E-state index contributed by atoms with van der Waals surface area (Å²) >= 11 is 0. The van der Waals surface area contributed by atoms with Crippen molar-refractivity contribution < 1.29 is 9.53 Å². The van der Waals surface area contributed by atoms with E-state index in [0.29, 0.717) is 12.5 Å². The Kier molecular flexibility index (Phi) is 5.67. The molecule has 0 aliphatic heterocycles. The Morgan fingerprint density at radius 1 is 1.29 bits per heavy atom. The Labute approximate surface area is 129 Å². The minimum Gasteiger partial charge on any atom is -0.465 e. The second kappa shape index (κ2) is 7.10. The molecule has 21 heavy (non-hydrogen) atoms. The molecule has 4 nitrogen and oxygen atoms in total. The van der Waals surface area contributed by atoms with Crippen molar-refractivity contribution in [2.24, 2.45) is 11.8 Å². The summed E-state index contributed by atoms with van der Waals surface area (Å²) in [5.74, 6) is 1.24. The number of ether oxygens (including phenoxy) is 1. The van der Waals surface area contributed by atoms with Gasteiger partial charge in [0.1, 0.15) is 5.54 Å². The van der Waals surface area contributed by atoms with Crippen molar-refractivity contribution in [3.05, 3.63) is 0 Å². The van der Waals surface area contributed by atoms with Gasteiger partial charge in [0.15, 0.2) is 0 Å². The molecule has 0 bridgehead atoms. The zero-order chi connectivity index (χ0) is 15.5. The van der Waals surface area contributed by atoms with Gasteiger partial charge in [-0.15, -0.1) is 0 Å². The number of nitrogens with one attached hydrogen (secondary N) is 1. The predicted octanol–water partition coefficient (Wildman–Crippen LogP) is 2.43. The number of esters is 1. The van der Waals surface area contributed by atoms with Crippen molar-refractivity contribution in [1.82, 2.24) is 10.2 Å². The van der Waals surface area contributed by atoms with Crippen molar-refractivity contribution in [3.63, 3.8) is 0 Å². The molecule has 0 aromatic carbocycles. The van der Waals surface area contributed by atoms with Crippen molar-refractivity contribution >= 4 is 5.97 Å². The van der Waals surface area contributed by atoms with E-state index < -0.39 is 5.54 Å². The zero-order valence-corrected chi connectivity index (χ0v) is 14.2. The molecule has 2 fully saturated rings. The summed E-state index contributed by atoms with van der Waals surface area (Å²) in [6.07, 6.45) is 4.98. The lowest BCUT2D eigenvalue weighted by Gasteiger charge is -2.38.